The van der Waals surface area contributed by atoms with E-state index in [0.29, 0.717) is 11.1 Å². The number of H-pyrrole nitrogens is 1. The third-order valence-corrected chi connectivity index (χ3v) is 1.89. The Kier molecular flexibility index (Phi) is 1.52. The third kappa shape index (κ3) is 0.953. The van der Waals surface area contributed by atoms with Crippen molar-refractivity contribution >= 4 is 23.7 Å². The Hall–Kier alpha value is -1.47. The fourth-order valence-corrected chi connectivity index (χ4v) is 1.38. The van der Waals surface area contributed by atoms with E-state index in [9.17, 15) is 0 Å². The molecule has 1 aromatic heterocycles. The van der Waals surface area contributed by atoms with Gasteiger partial charge in [-0.15, -0.1) is 12.6 Å². The summed E-state index contributed by atoms with van der Waals surface area (Å²) in [5, 5.41) is 8.74. The van der Waals surface area contributed by atoms with Crippen molar-refractivity contribution in [3.63, 3.8) is 0 Å². The van der Waals surface area contributed by atoms with Crippen LogP contribution in [0.15, 0.2) is 23.4 Å². The van der Waals surface area contributed by atoms with Crippen LogP contribution in [-0.2, 0) is 0 Å². The quantitative estimate of drug-likeness (QED) is 0.599. The molecule has 3 nitrogen and oxygen atoms in total. The minimum Gasteiger partial charge on any atom is -0.345 e. The van der Waals surface area contributed by atoms with E-state index < -0.39 is 0 Å². The van der Waals surface area contributed by atoms with E-state index in [-0.39, 0.29) is 0 Å². The summed E-state index contributed by atoms with van der Waals surface area (Å²) in [6.45, 7) is 0. The second-order valence-electron chi connectivity index (χ2n) is 2.40. The molecule has 4 heteroatoms. The molecule has 1 aromatic carbocycles. The highest BCUT2D eigenvalue weighted by atomic mass is 32.1. The summed E-state index contributed by atoms with van der Waals surface area (Å²) >= 11 is 4.16. The normalized spacial score (nSPS) is 10.0. The Labute approximate surface area is 74.5 Å². The minimum absolute atomic E-state index is 0.554. The first kappa shape index (κ1) is 7.19. The van der Waals surface area contributed by atoms with Gasteiger partial charge in [0.2, 0.25) is 0 Å². The zero-order valence-corrected chi connectivity index (χ0v) is 6.97. The molecule has 2 aromatic rings. The molecule has 0 aliphatic rings. The van der Waals surface area contributed by atoms with Crippen LogP contribution in [-0.4, -0.2) is 9.97 Å². The van der Waals surface area contributed by atoms with Crippen LogP contribution in [0.4, 0.5) is 0 Å². The average molecular weight is 175 g/mol. The lowest BCUT2D eigenvalue weighted by Gasteiger charge is -1.93. The van der Waals surface area contributed by atoms with Crippen molar-refractivity contribution in [2.24, 2.45) is 0 Å². The fourth-order valence-electron chi connectivity index (χ4n) is 1.12. The van der Waals surface area contributed by atoms with Gasteiger partial charge < -0.3 is 4.98 Å². The second-order valence-corrected chi connectivity index (χ2v) is 2.92. The van der Waals surface area contributed by atoms with E-state index in [4.69, 9.17) is 5.26 Å². The first-order valence-electron chi connectivity index (χ1n) is 3.37. The van der Waals surface area contributed by atoms with E-state index in [1.54, 1.807) is 12.4 Å². The van der Waals surface area contributed by atoms with Crippen LogP contribution in [0.5, 0.6) is 0 Å². The van der Waals surface area contributed by atoms with E-state index in [1.807, 2.05) is 6.07 Å². The number of aromatic amines is 1. The van der Waals surface area contributed by atoms with Gasteiger partial charge in [0.1, 0.15) is 11.6 Å². The average Bonchev–Trinajstić information content (AvgIpc) is 2.50. The van der Waals surface area contributed by atoms with Crippen molar-refractivity contribution in [2.75, 3.05) is 0 Å². The summed E-state index contributed by atoms with van der Waals surface area (Å²) in [4.78, 5) is 7.71. The molecule has 0 spiro atoms. The first-order chi connectivity index (χ1) is 5.81. The Bertz CT molecular complexity index is 467. The van der Waals surface area contributed by atoms with Gasteiger partial charge in [-0.05, 0) is 12.1 Å². The zero-order valence-electron chi connectivity index (χ0n) is 6.07. The lowest BCUT2D eigenvalue weighted by molar-refractivity contribution is 1.34. The number of thiol groups is 1. The maximum absolute atomic E-state index is 8.74. The topological polar surface area (TPSA) is 52.5 Å². The number of hydrogen-bond donors (Lipinski definition) is 2. The second kappa shape index (κ2) is 2.54. The smallest absolute Gasteiger partial charge is 0.106 e. The summed E-state index contributed by atoms with van der Waals surface area (Å²) in [6, 6.07) is 5.61. The summed E-state index contributed by atoms with van der Waals surface area (Å²) in [5.41, 5.74) is 2.10. The highest BCUT2D eigenvalue weighted by molar-refractivity contribution is 7.80. The SMILES string of the molecule is N#Cc1cc(S)cc2[nH]cnc12. The minimum atomic E-state index is 0.554. The van der Waals surface area contributed by atoms with E-state index in [2.05, 4.69) is 28.7 Å². The molecule has 0 amide bonds. The van der Waals surface area contributed by atoms with Crippen LogP contribution in [0, 0.1) is 11.3 Å². The van der Waals surface area contributed by atoms with Crippen molar-refractivity contribution in [3.05, 3.63) is 24.0 Å². The molecule has 0 unspecified atom stereocenters. The van der Waals surface area contributed by atoms with Gasteiger partial charge in [-0.2, -0.15) is 5.26 Å². The standard InChI is InChI=1S/C8H5N3S/c9-3-5-1-6(12)2-7-8(5)11-4-10-7/h1-2,4,12H,(H,10,11). The largest absolute Gasteiger partial charge is 0.345 e. The molecule has 0 aliphatic heterocycles. The molecule has 0 bridgehead atoms. The molecule has 58 valence electrons. The first-order valence-corrected chi connectivity index (χ1v) is 3.82. The Morgan fingerprint density at radius 3 is 3.08 bits per heavy atom. The molecular formula is C8H5N3S. The summed E-state index contributed by atoms with van der Waals surface area (Å²) in [7, 11) is 0. The number of nitrogens with zero attached hydrogens (tertiary/aromatic N) is 2. The van der Waals surface area contributed by atoms with Crippen molar-refractivity contribution in [2.45, 2.75) is 4.90 Å². The van der Waals surface area contributed by atoms with Gasteiger partial charge in [0.05, 0.1) is 17.4 Å². The maximum atomic E-state index is 8.74. The summed E-state index contributed by atoms with van der Waals surface area (Å²) in [6.07, 6.45) is 1.57. The van der Waals surface area contributed by atoms with Crippen molar-refractivity contribution < 1.29 is 0 Å². The number of hydrogen-bond acceptors (Lipinski definition) is 3. The molecule has 12 heavy (non-hydrogen) atoms. The van der Waals surface area contributed by atoms with Crippen LogP contribution >= 0.6 is 12.6 Å². The molecule has 0 aliphatic carbocycles. The number of imidazole rings is 1. The molecule has 0 fully saturated rings. The molecule has 0 radical (unpaired) electrons. The Morgan fingerprint density at radius 1 is 1.50 bits per heavy atom. The van der Waals surface area contributed by atoms with Crippen molar-refractivity contribution in [1.29, 1.82) is 5.26 Å². The van der Waals surface area contributed by atoms with Gasteiger partial charge in [-0.1, -0.05) is 0 Å². The van der Waals surface area contributed by atoms with Gasteiger partial charge in [0, 0.05) is 4.90 Å². The monoisotopic (exact) mass is 175 g/mol. The number of nitrogens with one attached hydrogen (secondary N) is 1. The summed E-state index contributed by atoms with van der Waals surface area (Å²) < 4.78 is 0. The lowest BCUT2D eigenvalue weighted by atomic mass is 10.2. The Morgan fingerprint density at radius 2 is 2.33 bits per heavy atom. The van der Waals surface area contributed by atoms with E-state index >= 15 is 0 Å². The highest BCUT2D eigenvalue weighted by Crippen LogP contribution is 2.18. The van der Waals surface area contributed by atoms with Gasteiger partial charge in [0.25, 0.3) is 0 Å². The number of benzene rings is 1. The van der Waals surface area contributed by atoms with Crippen LogP contribution in [0.1, 0.15) is 5.56 Å². The van der Waals surface area contributed by atoms with Crippen LogP contribution in [0.3, 0.4) is 0 Å². The molecular weight excluding hydrogens is 170 g/mol. The maximum Gasteiger partial charge on any atom is 0.106 e. The number of aromatic nitrogens is 2. The summed E-state index contributed by atoms with van der Waals surface area (Å²) in [5.74, 6) is 0. The Balaban J connectivity index is 2.91. The van der Waals surface area contributed by atoms with E-state index in [1.165, 1.54) is 0 Å². The number of nitriles is 1. The van der Waals surface area contributed by atoms with E-state index in [0.717, 1.165) is 10.4 Å². The third-order valence-electron chi connectivity index (χ3n) is 1.63. The van der Waals surface area contributed by atoms with Crippen LogP contribution in [0.2, 0.25) is 0 Å². The van der Waals surface area contributed by atoms with Gasteiger partial charge >= 0.3 is 0 Å². The predicted molar refractivity (Wildman–Crippen MR) is 48.1 cm³/mol. The van der Waals surface area contributed by atoms with Gasteiger partial charge in [0.15, 0.2) is 0 Å². The number of fused-ring (bicyclic) bond motifs is 1. The van der Waals surface area contributed by atoms with Crippen molar-refractivity contribution in [3.8, 4) is 6.07 Å². The van der Waals surface area contributed by atoms with Crippen molar-refractivity contribution in [1.82, 2.24) is 9.97 Å². The molecule has 1 heterocycles. The molecule has 0 saturated carbocycles. The zero-order chi connectivity index (χ0) is 8.55. The molecule has 1 N–H and O–H groups in total. The molecule has 0 atom stereocenters. The van der Waals surface area contributed by atoms with Gasteiger partial charge in [-0.25, -0.2) is 4.98 Å². The molecule has 2 rings (SSSR count). The van der Waals surface area contributed by atoms with Crippen LogP contribution < -0.4 is 0 Å². The van der Waals surface area contributed by atoms with Crippen LogP contribution in [0.25, 0.3) is 11.0 Å². The predicted octanol–water partition coefficient (Wildman–Crippen LogP) is 1.72. The van der Waals surface area contributed by atoms with Gasteiger partial charge in [-0.3, -0.25) is 0 Å². The molecule has 0 saturated heterocycles. The lowest BCUT2D eigenvalue weighted by Crippen LogP contribution is -1.78. The highest BCUT2D eigenvalue weighted by Gasteiger charge is 2.03. The fraction of sp³-hybridized carbons (Fsp3) is 0. The number of rotatable bonds is 0.